The monoisotopic (exact) mass is 538 g/mol. The molecule has 1 saturated heterocycles. The van der Waals surface area contributed by atoms with Gasteiger partial charge in [-0.1, -0.05) is 36.8 Å². The van der Waals surface area contributed by atoms with Crippen LogP contribution in [0.5, 0.6) is 0 Å². The second-order valence-electron chi connectivity index (χ2n) is 10.2. The third kappa shape index (κ3) is 5.22. The lowest BCUT2D eigenvalue weighted by Gasteiger charge is -2.38. The van der Waals surface area contributed by atoms with Gasteiger partial charge in [-0.05, 0) is 51.7 Å². The fraction of sp³-hybridized carbons (Fsp3) is 0.429. The van der Waals surface area contributed by atoms with E-state index < -0.39 is 17.4 Å². The molecule has 8 nitrogen and oxygen atoms in total. The summed E-state index contributed by atoms with van der Waals surface area (Å²) in [6.07, 6.45) is 4.28. The third-order valence-corrected chi connectivity index (χ3v) is 8.25. The van der Waals surface area contributed by atoms with Gasteiger partial charge in [0, 0.05) is 11.6 Å². The second-order valence-corrected chi connectivity index (χ2v) is 11.3. The van der Waals surface area contributed by atoms with Crippen molar-refractivity contribution >= 4 is 34.9 Å². The molecule has 2 fully saturated rings. The SMILES string of the molecule is CC(C)N(CC(=O)Nc1nc(-c2ccc(F)s2)[nH]c1-c1ccccc1)C(=O)C1CC(=O)OC12CCCCC2. The first kappa shape index (κ1) is 26.1. The number of hydrogen-bond acceptors (Lipinski definition) is 6. The van der Waals surface area contributed by atoms with E-state index in [-0.39, 0.29) is 36.0 Å². The molecule has 1 aliphatic carbocycles. The number of benzene rings is 1. The Morgan fingerprint density at radius 2 is 1.92 bits per heavy atom. The average molecular weight is 539 g/mol. The number of nitrogens with one attached hydrogen (secondary N) is 2. The van der Waals surface area contributed by atoms with Crippen molar-refractivity contribution in [1.29, 1.82) is 0 Å². The van der Waals surface area contributed by atoms with E-state index in [1.54, 1.807) is 6.07 Å². The molecule has 2 amide bonds. The zero-order valence-electron chi connectivity index (χ0n) is 21.5. The summed E-state index contributed by atoms with van der Waals surface area (Å²) in [4.78, 5) is 49.2. The Morgan fingerprint density at radius 1 is 1.18 bits per heavy atom. The number of esters is 1. The smallest absolute Gasteiger partial charge is 0.307 e. The van der Waals surface area contributed by atoms with E-state index >= 15 is 0 Å². The molecule has 2 N–H and O–H groups in total. The summed E-state index contributed by atoms with van der Waals surface area (Å²) in [5, 5.41) is 2.52. The Morgan fingerprint density at radius 3 is 2.58 bits per heavy atom. The average Bonchev–Trinajstić information content (AvgIpc) is 3.60. The number of aromatic amines is 1. The number of nitrogens with zero attached hydrogens (tertiary/aromatic N) is 2. The molecule has 1 atom stereocenters. The van der Waals surface area contributed by atoms with Crippen molar-refractivity contribution < 1.29 is 23.5 Å². The molecule has 0 radical (unpaired) electrons. The Labute approximate surface area is 224 Å². The third-order valence-electron chi connectivity index (χ3n) is 7.37. The van der Waals surface area contributed by atoms with Crippen molar-refractivity contribution in [3.63, 3.8) is 0 Å². The largest absolute Gasteiger partial charge is 0.458 e. The van der Waals surface area contributed by atoms with Gasteiger partial charge < -0.3 is 19.9 Å². The Hall–Kier alpha value is -3.53. The number of thiophene rings is 1. The van der Waals surface area contributed by atoms with Crippen LogP contribution in [0.4, 0.5) is 10.2 Å². The van der Waals surface area contributed by atoms with Crippen molar-refractivity contribution in [2.45, 2.75) is 64.0 Å². The first-order valence-corrected chi connectivity index (χ1v) is 13.8. The van der Waals surface area contributed by atoms with Crippen LogP contribution in [0.3, 0.4) is 0 Å². The number of ether oxygens (including phenoxy) is 1. The number of imidazole rings is 1. The number of amides is 2. The maximum absolute atomic E-state index is 13.7. The van der Waals surface area contributed by atoms with E-state index in [1.165, 1.54) is 11.0 Å². The zero-order chi connectivity index (χ0) is 26.9. The van der Waals surface area contributed by atoms with Gasteiger partial charge in [0.15, 0.2) is 16.8 Å². The maximum atomic E-state index is 13.7. The highest BCUT2D eigenvalue weighted by Gasteiger charge is 2.54. The van der Waals surface area contributed by atoms with Gasteiger partial charge in [-0.3, -0.25) is 14.4 Å². The molecule has 3 heterocycles. The highest BCUT2D eigenvalue weighted by Crippen LogP contribution is 2.45. The topological polar surface area (TPSA) is 104 Å². The van der Waals surface area contributed by atoms with Gasteiger partial charge in [-0.15, -0.1) is 11.3 Å². The van der Waals surface area contributed by atoms with Gasteiger partial charge in [-0.2, -0.15) is 4.39 Å². The first-order valence-electron chi connectivity index (χ1n) is 13.0. The molecular formula is C28H31FN4O4S. The van der Waals surface area contributed by atoms with Crippen LogP contribution in [0.25, 0.3) is 22.0 Å². The molecule has 1 unspecified atom stereocenters. The fourth-order valence-electron chi connectivity index (χ4n) is 5.48. The molecule has 0 bridgehead atoms. The number of carbonyl (C=O) groups is 3. The number of halogens is 1. The van der Waals surface area contributed by atoms with Gasteiger partial charge in [-0.25, -0.2) is 4.98 Å². The summed E-state index contributed by atoms with van der Waals surface area (Å²) in [5.41, 5.74) is 0.626. The standard InChI is InChI=1S/C28H31FN4O4S/c1-17(2)33(27(36)19-15-23(35)37-28(19)13-7-4-8-14-28)16-22(34)30-26-24(18-9-5-3-6-10-18)31-25(32-26)20-11-12-21(29)38-20/h3,5-6,9-12,17,19H,4,7-8,13-16H2,1-2H3,(H,30,34)(H,31,32). The van der Waals surface area contributed by atoms with Crippen LogP contribution < -0.4 is 5.32 Å². The number of rotatable bonds is 7. The van der Waals surface area contributed by atoms with Crippen LogP contribution in [-0.4, -0.2) is 50.8 Å². The molecule has 2 aliphatic rings. The molecule has 3 aromatic rings. The summed E-state index contributed by atoms with van der Waals surface area (Å²) in [6, 6.07) is 12.1. The van der Waals surface area contributed by atoms with Crippen LogP contribution >= 0.6 is 11.3 Å². The normalized spacial score (nSPS) is 18.5. The minimum absolute atomic E-state index is 0.0436. The summed E-state index contributed by atoms with van der Waals surface area (Å²) >= 11 is 0.955. The van der Waals surface area contributed by atoms with Crippen molar-refractivity contribution in [2.75, 3.05) is 11.9 Å². The summed E-state index contributed by atoms with van der Waals surface area (Å²) in [7, 11) is 0. The van der Waals surface area contributed by atoms with Gasteiger partial charge in [0.25, 0.3) is 0 Å². The van der Waals surface area contributed by atoms with Gasteiger partial charge in [0.2, 0.25) is 11.8 Å². The molecule has 1 spiro atoms. The minimum atomic E-state index is -0.760. The molecule has 1 aromatic carbocycles. The van der Waals surface area contributed by atoms with Crippen molar-refractivity contribution in [1.82, 2.24) is 14.9 Å². The number of hydrogen-bond donors (Lipinski definition) is 2. The van der Waals surface area contributed by atoms with Gasteiger partial charge in [0.1, 0.15) is 12.1 Å². The van der Waals surface area contributed by atoms with Crippen molar-refractivity contribution in [3.8, 4) is 22.0 Å². The minimum Gasteiger partial charge on any atom is -0.458 e. The summed E-state index contributed by atoms with van der Waals surface area (Å²) in [5.74, 6) is -0.850. The van der Waals surface area contributed by atoms with Gasteiger partial charge >= 0.3 is 5.97 Å². The lowest BCUT2D eigenvalue weighted by molar-refractivity contribution is -0.156. The number of aromatic nitrogens is 2. The highest BCUT2D eigenvalue weighted by atomic mass is 32.1. The van der Waals surface area contributed by atoms with E-state index in [2.05, 4.69) is 15.3 Å². The second kappa shape index (κ2) is 10.7. The molecule has 38 heavy (non-hydrogen) atoms. The van der Waals surface area contributed by atoms with Crippen molar-refractivity contribution in [3.05, 3.63) is 47.6 Å². The quantitative estimate of drug-likeness (QED) is 0.393. The number of anilines is 1. The fourth-order valence-corrected chi connectivity index (χ4v) is 6.16. The highest BCUT2D eigenvalue weighted by molar-refractivity contribution is 7.13. The number of carbonyl (C=O) groups excluding carboxylic acids is 3. The number of H-pyrrole nitrogens is 1. The van der Waals surface area contributed by atoms with E-state index in [0.717, 1.165) is 36.2 Å². The summed E-state index contributed by atoms with van der Waals surface area (Å²) in [6.45, 7) is 3.51. The predicted molar refractivity (Wildman–Crippen MR) is 143 cm³/mol. The van der Waals surface area contributed by atoms with E-state index in [0.29, 0.717) is 35.1 Å². The molecule has 5 rings (SSSR count). The van der Waals surface area contributed by atoms with Crippen molar-refractivity contribution in [2.24, 2.45) is 5.92 Å². The van der Waals surface area contributed by atoms with Crippen LogP contribution in [0, 0.1) is 11.0 Å². The molecule has 1 aliphatic heterocycles. The van der Waals surface area contributed by atoms with E-state index in [9.17, 15) is 18.8 Å². The Kier molecular flexibility index (Phi) is 7.34. The molecule has 1 saturated carbocycles. The molecule has 200 valence electrons. The predicted octanol–water partition coefficient (Wildman–Crippen LogP) is 5.39. The van der Waals surface area contributed by atoms with Crippen LogP contribution in [0.15, 0.2) is 42.5 Å². The van der Waals surface area contributed by atoms with E-state index in [1.807, 2.05) is 44.2 Å². The summed E-state index contributed by atoms with van der Waals surface area (Å²) < 4.78 is 19.4. The van der Waals surface area contributed by atoms with E-state index in [4.69, 9.17) is 4.74 Å². The molecule has 10 heteroatoms. The lowest BCUT2D eigenvalue weighted by Crippen LogP contribution is -2.51. The zero-order valence-corrected chi connectivity index (χ0v) is 22.3. The van der Waals surface area contributed by atoms with Crippen LogP contribution in [0.2, 0.25) is 0 Å². The van der Waals surface area contributed by atoms with Crippen LogP contribution in [-0.2, 0) is 19.1 Å². The molecule has 2 aromatic heterocycles. The Balaban J connectivity index is 1.38. The molecular weight excluding hydrogens is 507 g/mol. The van der Waals surface area contributed by atoms with Crippen LogP contribution in [0.1, 0.15) is 52.4 Å². The Bertz CT molecular complexity index is 1330. The lowest BCUT2D eigenvalue weighted by atomic mass is 9.75. The first-order chi connectivity index (χ1) is 18.3. The maximum Gasteiger partial charge on any atom is 0.307 e. The van der Waals surface area contributed by atoms with Gasteiger partial charge in [0.05, 0.1) is 22.9 Å².